The standard InChI is InChI=1S/C13H17BrN2O2S/c14-12-8-11(15)6-7-13(12)19(17,18)16-9-10-4-2-1-3-5-10/h1-2,6-8,10,16H,3-5,9,15H2. The summed E-state index contributed by atoms with van der Waals surface area (Å²) in [7, 11) is -3.48. The molecule has 0 fully saturated rings. The fraction of sp³-hybridized carbons (Fsp3) is 0.385. The molecule has 3 N–H and O–H groups in total. The maximum Gasteiger partial charge on any atom is 0.241 e. The average molecular weight is 345 g/mol. The zero-order valence-corrected chi connectivity index (χ0v) is 12.9. The Hall–Kier alpha value is -0.850. The summed E-state index contributed by atoms with van der Waals surface area (Å²) in [5.74, 6) is 0.382. The summed E-state index contributed by atoms with van der Waals surface area (Å²) in [4.78, 5) is 0.230. The SMILES string of the molecule is Nc1ccc(S(=O)(=O)NCC2CC=CCC2)c(Br)c1. The number of nitrogen functional groups attached to an aromatic ring is 1. The number of benzene rings is 1. The van der Waals surface area contributed by atoms with Gasteiger partial charge in [-0.1, -0.05) is 12.2 Å². The summed E-state index contributed by atoms with van der Waals surface area (Å²) < 4.78 is 27.6. The molecule has 0 aliphatic heterocycles. The molecule has 2 rings (SSSR count). The third kappa shape index (κ3) is 3.81. The molecule has 1 aromatic carbocycles. The van der Waals surface area contributed by atoms with E-state index in [4.69, 9.17) is 5.73 Å². The first-order chi connectivity index (χ1) is 8.99. The van der Waals surface area contributed by atoms with Gasteiger partial charge < -0.3 is 5.73 Å². The normalized spacial score (nSPS) is 19.5. The van der Waals surface area contributed by atoms with Crippen LogP contribution in [-0.2, 0) is 10.0 Å². The molecule has 1 aromatic rings. The van der Waals surface area contributed by atoms with Crippen molar-refractivity contribution >= 4 is 31.6 Å². The highest BCUT2D eigenvalue weighted by atomic mass is 79.9. The number of rotatable bonds is 4. The van der Waals surface area contributed by atoms with Gasteiger partial charge >= 0.3 is 0 Å². The van der Waals surface area contributed by atoms with Crippen molar-refractivity contribution in [1.82, 2.24) is 4.72 Å². The first-order valence-corrected chi connectivity index (χ1v) is 8.46. The van der Waals surface area contributed by atoms with Gasteiger partial charge in [-0.3, -0.25) is 0 Å². The molecule has 6 heteroatoms. The maximum atomic E-state index is 12.2. The van der Waals surface area contributed by atoms with Crippen molar-refractivity contribution in [3.63, 3.8) is 0 Å². The minimum atomic E-state index is -3.48. The molecule has 0 heterocycles. The molecule has 104 valence electrons. The number of hydrogen-bond acceptors (Lipinski definition) is 3. The van der Waals surface area contributed by atoms with Crippen LogP contribution in [0.1, 0.15) is 19.3 Å². The number of nitrogens with one attached hydrogen (secondary N) is 1. The van der Waals surface area contributed by atoms with Gasteiger partial charge in [-0.2, -0.15) is 0 Å². The van der Waals surface area contributed by atoms with Gasteiger partial charge in [0, 0.05) is 16.7 Å². The summed E-state index contributed by atoms with van der Waals surface area (Å²) in [6.07, 6.45) is 7.24. The molecule has 0 spiro atoms. The number of hydrogen-bond donors (Lipinski definition) is 2. The van der Waals surface area contributed by atoms with Crippen molar-refractivity contribution in [2.75, 3.05) is 12.3 Å². The van der Waals surface area contributed by atoms with Crippen LogP contribution in [0.2, 0.25) is 0 Å². The number of allylic oxidation sites excluding steroid dienone is 2. The van der Waals surface area contributed by atoms with Crippen LogP contribution in [0, 0.1) is 5.92 Å². The Morgan fingerprint density at radius 2 is 2.16 bits per heavy atom. The van der Waals surface area contributed by atoms with Crippen molar-refractivity contribution < 1.29 is 8.42 Å². The predicted octanol–water partition coefficient (Wildman–Crippen LogP) is 2.67. The molecule has 0 bridgehead atoms. The van der Waals surface area contributed by atoms with Crippen molar-refractivity contribution in [2.45, 2.75) is 24.2 Å². The Labute approximate surface area is 122 Å². The maximum absolute atomic E-state index is 12.2. The number of halogens is 1. The fourth-order valence-electron chi connectivity index (χ4n) is 2.08. The lowest BCUT2D eigenvalue weighted by atomic mass is 9.95. The molecule has 0 saturated carbocycles. The molecule has 1 atom stereocenters. The van der Waals surface area contributed by atoms with Crippen LogP contribution >= 0.6 is 15.9 Å². The van der Waals surface area contributed by atoms with E-state index in [2.05, 4.69) is 32.8 Å². The van der Waals surface area contributed by atoms with Crippen molar-refractivity contribution in [1.29, 1.82) is 0 Å². The molecular formula is C13H17BrN2O2S. The summed E-state index contributed by atoms with van der Waals surface area (Å²) in [6, 6.07) is 4.70. The van der Waals surface area contributed by atoms with Crippen LogP contribution < -0.4 is 10.5 Å². The van der Waals surface area contributed by atoms with E-state index in [1.807, 2.05) is 0 Å². The fourth-order valence-corrected chi connectivity index (χ4v) is 4.29. The van der Waals surface area contributed by atoms with Crippen molar-refractivity contribution in [3.05, 3.63) is 34.8 Å². The third-order valence-corrected chi connectivity index (χ3v) is 5.59. The molecular weight excluding hydrogens is 328 g/mol. The Morgan fingerprint density at radius 3 is 2.79 bits per heavy atom. The number of sulfonamides is 1. The van der Waals surface area contributed by atoms with Gasteiger partial charge in [0.2, 0.25) is 10.0 Å². The summed E-state index contributed by atoms with van der Waals surface area (Å²) in [5.41, 5.74) is 6.14. The van der Waals surface area contributed by atoms with Crippen LogP contribution in [0.4, 0.5) is 5.69 Å². The number of anilines is 1. The highest BCUT2D eigenvalue weighted by molar-refractivity contribution is 9.10. The topological polar surface area (TPSA) is 72.2 Å². The summed E-state index contributed by atoms with van der Waals surface area (Å²) in [6.45, 7) is 0.476. The van der Waals surface area contributed by atoms with Crippen molar-refractivity contribution in [2.24, 2.45) is 5.92 Å². The quantitative estimate of drug-likeness (QED) is 0.651. The van der Waals surface area contributed by atoms with Crippen LogP contribution in [0.3, 0.4) is 0 Å². The molecule has 0 amide bonds. The highest BCUT2D eigenvalue weighted by Gasteiger charge is 2.19. The van der Waals surface area contributed by atoms with E-state index in [9.17, 15) is 8.42 Å². The van der Waals surface area contributed by atoms with Gasteiger partial charge in [0.15, 0.2) is 0 Å². The smallest absolute Gasteiger partial charge is 0.241 e. The van der Waals surface area contributed by atoms with Crippen molar-refractivity contribution in [3.8, 4) is 0 Å². The lowest BCUT2D eigenvalue weighted by molar-refractivity contribution is 0.468. The zero-order valence-electron chi connectivity index (χ0n) is 10.5. The van der Waals surface area contributed by atoms with Gasteiger partial charge in [-0.15, -0.1) is 0 Å². The van der Waals surface area contributed by atoms with Crippen LogP contribution in [0.25, 0.3) is 0 Å². The van der Waals surface area contributed by atoms with E-state index in [1.54, 1.807) is 12.1 Å². The van der Waals surface area contributed by atoms with Gasteiger partial charge in [0.05, 0.1) is 4.90 Å². The summed E-state index contributed by atoms with van der Waals surface area (Å²) in [5, 5.41) is 0. The van der Waals surface area contributed by atoms with Gasteiger partial charge in [0.25, 0.3) is 0 Å². The van der Waals surface area contributed by atoms with Gasteiger partial charge in [0.1, 0.15) is 0 Å². The zero-order chi connectivity index (χ0) is 13.9. The van der Waals surface area contributed by atoms with E-state index < -0.39 is 10.0 Å². The first-order valence-electron chi connectivity index (χ1n) is 6.19. The molecule has 0 aromatic heterocycles. The second-order valence-corrected chi connectivity index (χ2v) is 7.28. The van der Waals surface area contributed by atoms with E-state index in [0.717, 1.165) is 19.3 Å². The van der Waals surface area contributed by atoms with E-state index in [0.29, 0.717) is 22.6 Å². The van der Waals surface area contributed by atoms with E-state index in [1.165, 1.54) is 6.07 Å². The molecule has 19 heavy (non-hydrogen) atoms. The Kier molecular flexibility index (Phi) is 4.65. The molecule has 4 nitrogen and oxygen atoms in total. The molecule has 1 aliphatic carbocycles. The highest BCUT2D eigenvalue weighted by Crippen LogP contribution is 2.24. The molecule has 0 saturated heterocycles. The van der Waals surface area contributed by atoms with Crippen LogP contribution in [0.5, 0.6) is 0 Å². The molecule has 1 unspecified atom stereocenters. The van der Waals surface area contributed by atoms with Gasteiger partial charge in [-0.05, 0) is 59.3 Å². The molecule has 1 aliphatic rings. The first kappa shape index (κ1) is 14.6. The van der Waals surface area contributed by atoms with Crippen LogP contribution in [-0.4, -0.2) is 15.0 Å². The number of nitrogens with two attached hydrogens (primary N) is 1. The van der Waals surface area contributed by atoms with E-state index in [-0.39, 0.29) is 4.90 Å². The Morgan fingerprint density at radius 1 is 1.37 bits per heavy atom. The Bertz CT molecular complexity index is 584. The Balaban J connectivity index is 2.07. The average Bonchev–Trinajstić information content (AvgIpc) is 2.37. The largest absolute Gasteiger partial charge is 0.399 e. The third-order valence-electron chi connectivity index (χ3n) is 3.19. The lowest BCUT2D eigenvalue weighted by Gasteiger charge is -2.18. The predicted molar refractivity (Wildman–Crippen MR) is 80.2 cm³/mol. The van der Waals surface area contributed by atoms with Gasteiger partial charge in [-0.25, -0.2) is 13.1 Å². The summed E-state index contributed by atoms with van der Waals surface area (Å²) >= 11 is 3.24. The minimum Gasteiger partial charge on any atom is -0.399 e. The molecule has 0 radical (unpaired) electrons. The second-order valence-electron chi connectivity index (χ2n) is 4.69. The van der Waals surface area contributed by atoms with Crippen LogP contribution in [0.15, 0.2) is 39.7 Å². The lowest BCUT2D eigenvalue weighted by Crippen LogP contribution is -2.30. The monoisotopic (exact) mass is 344 g/mol. The minimum absolute atomic E-state index is 0.230. The van der Waals surface area contributed by atoms with E-state index >= 15 is 0 Å². The second kappa shape index (κ2) is 6.07.